The molecule has 0 bridgehead atoms. The first-order valence-corrected chi connectivity index (χ1v) is 11.6. The summed E-state index contributed by atoms with van der Waals surface area (Å²) >= 11 is 6.05. The fourth-order valence-electron chi connectivity index (χ4n) is 5.23. The van der Waals surface area contributed by atoms with Crippen molar-refractivity contribution in [3.05, 3.63) is 68.9 Å². The van der Waals surface area contributed by atoms with Crippen molar-refractivity contribution in [1.82, 2.24) is 4.98 Å². The summed E-state index contributed by atoms with van der Waals surface area (Å²) in [6, 6.07) is 8.19. The van der Waals surface area contributed by atoms with Crippen molar-refractivity contribution in [1.29, 1.82) is 0 Å². The molecule has 1 aliphatic rings. The number of phenols is 4. The number of halogens is 1. The summed E-state index contributed by atoms with van der Waals surface area (Å²) < 4.78 is 5.25. The van der Waals surface area contributed by atoms with Gasteiger partial charge < -0.3 is 25.2 Å². The molecule has 0 spiro atoms. The number of hydrogen-bond acceptors (Lipinski definition) is 7. The van der Waals surface area contributed by atoms with Crippen LogP contribution in [-0.2, 0) is 5.41 Å². The van der Waals surface area contributed by atoms with Gasteiger partial charge >= 0.3 is 0 Å². The van der Waals surface area contributed by atoms with Crippen molar-refractivity contribution >= 4 is 28.2 Å². The lowest BCUT2D eigenvalue weighted by molar-refractivity contribution is 0.102. The minimum Gasteiger partial charge on any atom is -0.507 e. The van der Waals surface area contributed by atoms with Crippen LogP contribution in [0.2, 0.25) is 5.02 Å². The number of rotatable bonds is 2. The van der Waals surface area contributed by atoms with E-state index in [0.717, 1.165) is 0 Å². The highest BCUT2D eigenvalue weighted by Crippen LogP contribution is 2.53. The molecule has 0 unspecified atom stereocenters. The van der Waals surface area contributed by atoms with Crippen molar-refractivity contribution in [3.63, 3.8) is 0 Å². The molecule has 4 N–H and O–H groups in total. The van der Waals surface area contributed by atoms with Crippen LogP contribution < -0.4 is 4.74 Å². The lowest BCUT2D eigenvalue weighted by Gasteiger charge is -2.35. The van der Waals surface area contributed by atoms with Crippen LogP contribution in [0.3, 0.4) is 0 Å². The maximum Gasteiger partial charge on any atom is 0.201 e. The predicted octanol–water partition coefficient (Wildman–Crippen LogP) is 5.87. The minimum atomic E-state index is -0.876. The average Bonchev–Trinajstić information content (AvgIpc) is 2.80. The molecule has 0 saturated carbocycles. The lowest BCUT2D eigenvalue weighted by atomic mass is 9.67. The Labute approximate surface area is 212 Å². The van der Waals surface area contributed by atoms with Crippen molar-refractivity contribution in [2.24, 2.45) is 0 Å². The van der Waals surface area contributed by atoms with Gasteiger partial charge in [0, 0.05) is 22.7 Å². The van der Waals surface area contributed by atoms with Gasteiger partial charge in [0.15, 0.2) is 0 Å². The molecule has 8 heteroatoms. The molecule has 1 heterocycles. The molecule has 4 aromatic rings. The van der Waals surface area contributed by atoms with E-state index in [2.05, 4.69) is 4.98 Å². The Kier molecular flexibility index (Phi) is 5.12. The molecular formula is C28H24ClNO6. The van der Waals surface area contributed by atoms with Gasteiger partial charge in [0.25, 0.3) is 0 Å². The van der Waals surface area contributed by atoms with Crippen LogP contribution in [0, 0.1) is 13.8 Å². The first-order valence-electron chi connectivity index (χ1n) is 11.2. The number of ketones is 1. The molecule has 0 amide bonds. The van der Waals surface area contributed by atoms with Gasteiger partial charge in [0.2, 0.25) is 5.78 Å². The van der Waals surface area contributed by atoms with Gasteiger partial charge in [-0.25, -0.2) is 0 Å². The van der Waals surface area contributed by atoms with E-state index in [0.29, 0.717) is 50.2 Å². The monoisotopic (exact) mass is 505 g/mol. The number of aromatic hydroxyl groups is 4. The van der Waals surface area contributed by atoms with E-state index >= 15 is 0 Å². The van der Waals surface area contributed by atoms with Gasteiger partial charge in [0.05, 0.1) is 29.3 Å². The van der Waals surface area contributed by atoms with Gasteiger partial charge in [-0.05, 0) is 60.2 Å². The standard InChI is InChI=1S/C28H24ClNO6/c1-11-6-14(36-5)9-17(31)19(11)24-20-13(7-12(2)30-24)8-15-21(25(20)33)26(34)22-16(28(15,3)4)10-18(32)23(29)27(22)35/h6-10,31-33,35H,1-5H3. The molecule has 0 fully saturated rings. The average molecular weight is 506 g/mol. The molecule has 36 heavy (non-hydrogen) atoms. The number of carbonyl (C=O) groups is 1. The zero-order chi connectivity index (χ0) is 26.3. The second-order valence-electron chi connectivity index (χ2n) is 9.63. The molecule has 0 atom stereocenters. The summed E-state index contributed by atoms with van der Waals surface area (Å²) in [5.74, 6) is -1.43. The molecule has 5 rings (SSSR count). The molecule has 184 valence electrons. The van der Waals surface area contributed by atoms with E-state index in [1.54, 1.807) is 26.0 Å². The molecule has 1 aliphatic carbocycles. The number of nitrogens with zero attached hydrogens (tertiary/aromatic N) is 1. The van der Waals surface area contributed by atoms with E-state index in [1.807, 2.05) is 19.9 Å². The Morgan fingerprint density at radius 1 is 0.861 bits per heavy atom. The Morgan fingerprint density at radius 2 is 1.50 bits per heavy atom. The van der Waals surface area contributed by atoms with Crippen molar-refractivity contribution in [2.45, 2.75) is 33.1 Å². The van der Waals surface area contributed by atoms with E-state index in [4.69, 9.17) is 16.3 Å². The fourth-order valence-corrected chi connectivity index (χ4v) is 5.38. The van der Waals surface area contributed by atoms with Crippen molar-refractivity contribution < 1.29 is 30.0 Å². The van der Waals surface area contributed by atoms with Gasteiger partial charge in [-0.2, -0.15) is 0 Å². The highest BCUT2D eigenvalue weighted by Gasteiger charge is 2.42. The zero-order valence-corrected chi connectivity index (χ0v) is 21.1. The van der Waals surface area contributed by atoms with Gasteiger partial charge in [-0.3, -0.25) is 9.78 Å². The largest absolute Gasteiger partial charge is 0.507 e. The van der Waals surface area contributed by atoms with Crippen LogP contribution in [0.1, 0.15) is 52.2 Å². The fraction of sp³-hybridized carbons (Fsp3) is 0.214. The summed E-state index contributed by atoms with van der Waals surface area (Å²) in [6.07, 6.45) is 0. The summed E-state index contributed by atoms with van der Waals surface area (Å²) in [4.78, 5) is 18.4. The number of fused-ring (bicyclic) bond motifs is 3. The second kappa shape index (κ2) is 7.77. The Hall–Kier alpha value is -3.97. The second-order valence-corrected chi connectivity index (χ2v) is 10.0. The number of benzene rings is 3. The number of carbonyl (C=O) groups excluding carboxylic acids is 1. The zero-order valence-electron chi connectivity index (χ0n) is 20.3. The highest BCUT2D eigenvalue weighted by molar-refractivity contribution is 6.35. The quantitative estimate of drug-likeness (QED) is 0.269. The molecule has 0 saturated heterocycles. The first kappa shape index (κ1) is 23.8. The third kappa shape index (κ3) is 3.12. The molecular weight excluding hydrogens is 482 g/mol. The normalized spacial score (nSPS) is 14.0. The van der Waals surface area contributed by atoms with Crippen LogP contribution in [0.5, 0.6) is 28.7 Å². The maximum atomic E-state index is 13.7. The number of aryl methyl sites for hydroxylation is 2. The number of ether oxygens (including phenoxy) is 1. The lowest BCUT2D eigenvalue weighted by Crippen LogP contribution is -2.30. The van der Waals surface area contributed by atoms with E-state index in [-0.39, 0.29) is 33.4 Å². The molecule has 3 aromatic carbocycles. The highest BCUT2D eigenvalue weighted by atomic mass is 35.5. The van der Waals surface area contributed by atoms with E-state index in [9.17, 15) is 25.2 Å². The first-order chi connectivity index (χ1) is 16.9. The summed E-state index contributed by atoms with van der Waals surface area (Å²) in [7, 11) is 1.50. The van der Waals surface area contributed by atoms with Crippen LogP contribution in [0.4, 0.5) is 0 Å². The van der Waals surface area contributed by atoms with Crippen LogP contribution >= 0.6 is 11.6 Å². The molecule has 0 aliphatic heterocycles. The summed E-state index contributed by atoms with van der Waals surface area (Å²) in [5, 5.41) is 44.0. The molecule has 1 aromatic heterocycles. The Morgan fingerprint density at radius 3 is 2.14 bits per heavy atom. The topological polar surface area (TPSA) is 120 Å². The number of methoxy groups -OCH3 is 1. The summed E-state index contributed by atoms with van der Waals surface area (Å²) in [6.45, 7) is 7.27. The molecule has 0 radical (unpaired) electrons. The van der Waals surface area contributed by atoms with Crippen molar-refractivity contribution in [3.8, 4) is 40.0 Å². The number of phenolic OH excluding ortho intramolecular Hbond substituents is 4. The smallest absolute Gasteiger partial charge is 0.201 e. The third-order valence-corrected chi connectivity index (χ3v) is 7.37. The van der Waals surface area contributed by atoms with Crippen molar-refractivity contribution in [2.75, 3.05) is 7.11 Å². The Balaban J connectivity index is 1.91. The van der Waals surface area contributed by atoms with Crippen LogP contribution in [0.15, 0.2) is 30.3 Å². The SMILES string of the molecule is COc1cc(C)c(-c2nc(C)cc3cc4c(c(O)c23)C(=O)c2c(cc(O)c(Cl)c2O)C4(C)C)c(O)c1. The summed E-state index contributed by atoms with van der Waals surface area (Å²) in [5.41, 5.74) is 2.01. The third-order valence-electron chi connectivity index (χ3n) is 7.00. The molecule has 7 nitrogen and oxygen atoms in total. The van der Waals surface area contributed by atoms with Gasteiger partial charge in [-0.15, -0.1) is 0 Å². The number of hydrogen-bond donors (Lipinski definition) is 4. The van der Waals surface area contributed by atoms with E-state index < -0.39 is 16.9 Å². The van der Waals surface area contributed by atoms with Gasteiger partial charge in [-0.1, -0.05) is 25.4 Å². The van der Waals surface area contributed by atoms with Crippen LogP contribution in [0.25, 0.3) is 22.0 Å². The van der Waals surface area contributed by atoms with E-state index in [1.165, 1.54) is 19.2 Å². The minimum absolute atomic E-state index is 0.00890. The maximum absolute atomic E-state index is 13.7. The number of pyridine rings is 1. The predicted molar refractivity (Wildman–Crippen MR) is 137 cm³/mol. The Bertz CT molecular complexity index is 1620. The van der Waals surface area contributed by atoms with Gasteiger partial charge in [0.1, 0.15) is 33.8 Å². The van der Waals surface area contributed by atoms with Crippen LogP contribution in [-0.4, -0.2) is 38.3 Å². The number of aromatic nitrogens is 1.